The smallest absolute Gasteiger partial charge is 0.303 e. The van der Waals surface area contributed by atoms with Crippen molar-refractivity contribution >= 4 is 5.97 Å². The molecule has 0 bridgehead atoms. The summed E-state index contributed by atoms with van der Waals surface area (Å²) in [7, 11) is 1.37. The second-order valence-electron chi connectivity index (χ2n) is 3.50. The Morgan fingerprint density at radius 3 is 2.83 bits per heavy atom. The number of halogens is 1. The molecule has 1 N–H and O–H groups in total. The Hall–Kier alpha value is -2.22. The fraction of sp³-hybridized carbons (Fsp3) is 0.308. The Morgan fingerprint density at radius 2 is 2.28 bits per heavy atom. The molecule has 0 spiro atoms. The van der Waals surface area contributed by atoms with Crippen molar-refractivity contribution in [3.63, 3.8) is 0 Å². The summed E-state index contributed by atoms with van der Waals surface area (Å²) in [6.45, 7) is -0.0677. The van der Waals surface area contributed by atoms with Crippen LogP contribution in [0.15, 0.2) is 12.1 Å². The summed E-state index contributed by atoms with van der Waals surface area (Å²) >= 11 is 0. The molecule has 0 unspecified atom stereocenters. The van der Waals surface area contributed by atoms with E-state index < -0.39 is 11.8 Å². The molecule has 0 amide bonds. The number of ether oxygens (including phenoxy) is 2. The SMILES string of the molecule is C#CCOc1c(F)cc(CCC(=O)O)cc1OC. The topological polar surface area (TPSA) is 55.8 Å². The monoisotopic (exact) mass is 252 g/mol. The van der Waals surface area contributed by atoms with Gasteiger partial charge in [0, 0.05) is 6.42 Å². The fourth-order valence-corrected chi connectivity index (χ4v) is 1.42. The van der Waals surface area contributed by atoms with Crippen LogP contribution in [-0.2, 0) is 11.2 Å². The Kier molecular flexibility index (Phi) is 5.00. The third kappa shape index (κ3) is 3.67. The van der Waals surface area contributed by atoms with Gasteiger partial charge in [-0.15, -0.1) is 6.42 Å². The number of hydrogen-bond acceptors (Lipinski definition) is 3. The number of carbonyl (C=O) groups is 1. The van der Waals surface area contributed by atoms with Gasteiger partial charge in [0.15, 0.2) is 17.3 Å². The summed E-state index contributed by atoms with van der Waals surface area (Å²) in [6.07, 6.45) is 5.17. The van der Waals surface area contributed by atoms with Crippen molar-refractivity contribution in [2.45, 2.75) is 12.8 Å². The van der Waals surface area contributed by atoms with Crippen LogP contribution in [0.4, 0.5) is 4.39 Å². The zero-order valence-corrected chi connectivity index (χ0v) is 9.90. The van der Waals surface area contributed by atoms with Gasteiger partial charge < -0.3 is 14.6 Å². The molecule has 96 valence electrons. The highest BCUT2D eigenvalue weighted by atomic mass is 19.1. The van der Waals surface area contributed by atoms with Gasteiger partial charge in [-0.2, -0.15) is 0 Å². The van der Waals surface area contributed by atoms with E-state index in [1.807, 2.05) is 0 Å². The number of methoxy groups -OCH3 is 1. The summed E-state index contributed by atoms with van der Waals surface area (Å²) in [5.74, 6) is 0.803. The fourth-order valence-electron chi connectivity index (χ4n) is 1.42. The van der Waals surface area contributed by atoms with E-state index in [1.165, 1.54) is 19.2 Å². The molecule has 0 radical (unpaired) electrons. The maximum atomic E-state index is 13.7. The molecule has 0 saturated heterocycles. The van der Waals surface area contributed by atoms with Crippen LogP contribution in [-0.4, -0.2) is 24.8 Å². The van der Waals surface area contributed by atoms with Crippen LogP contribution in [0.25, 0.3) is 0 Å². The lowest BCUT2D eigenvalue weighted by atomic mass is 10.1. The highest BCUT2D eigenvalue weighted by Crippen LogP contribution is 2.32. The van der Waals surface area contributed by atoms with Gasteiger partial charge >= 0.3 is 5.97 Å². The predicted octanol–water partition coefficient (Wildman–Crippen LogP) is 1.86. The lowest BCUT2D eigenvalue weighted by molar-refractivity contribution is -0.136. The third-order valence-electron chi connectivity index (χ3n) is 2.22. The van der Waals surface area contributed by atoms with Gasteiger partial charge in [-0.3, -0.25) is 4.79 Å². The van der Waals surface area contributed by atoms with Crippen molar-refractivity contribution in [1.29, 1.82) is 0 Å². The molecule has 0 saturated carbocycles. The highest BCUT2D eigenvalue weighted by molar-refractivity contribution is 5.67. The minimum Gasteiger partial charge on any atom is -0.493 e. The van der Waals surface area contributed by atoms with Crippen molar-refractivity contribution in [1.82, 2.24) is 0 Å². The minimum absolute atomic E-state index is 0.0606. The molecule has 0 aliphatic heterocycles. The second kappa shape index (κ2) is 6.50. The van der Waals surface area contributed by atoms with E-state index in [1.54, 1.807) is 0 Å². The first-order valence-corrected chi connectivity index (χ1v) is 5.23. The molecule has 1 aromatic carbocycles. The highest BCUT2D eigenvalue weighted by Gasteiger charge is 2.13. The van der Waals surface area contributed by atoms with E-state index >= 15 is 0 Å². The van der Waals surface area contributed by atoms with Crippen LogP contribution in [0.1, 0.15) is 12.0 Å². The van der Waals surface area contributed by atoms with Gasteiger partial charge in [0.25, 0.3) is 0 Å². The Balaban J connectivity index is 2.95. The number of carboxylic acids is 1. The molecule has 0 aliphatic rings. The van der Waals surface area contributed by atoms with Gasteiger partial charge in [-0.25, -0.2) is 4.39 Å². The van der Waals surface area contributed by atoms with Crippen molar-refractivity contribution in [3.8, 4) is 23.8 Å². The molecule has 0 atom stereocenters. The first kappa shape index (κ1) is 13.8. The summed E-state index contributed by atoms with van der Waals surface area (Å²) in [6, 6.07) is 2.76. The van der Waals surface area contributed by atoms with Gasteiger partial charge in [0.05, 0.1) is 7.11 Å². The first-order chi connectivity index (χ1) is 8.58. The molecule has 0 aromatic heterocycles. The maximum Gasteiger partial charge on any atom is 0.303 e. The van der Waals surface area contributed by atoms with Gasteiger partial charge in [-0.05, 0) is 24.1 Å². The van der Waals surface area contributed by atoms with Crippen LogP contribution in [0.3, 0.4) is 0 Å². The number of terminal acetylenes is 1. The van der Waals surface area contributed by atoms with Crippen LogP contribution >= 0.6 is 0 Å². The molecule has 0 aliphatic carbocycles. The van der Waals surface area contributed by atoms with Crippen molar-refractivity contribution in [2.24, 2.45) is 0 Å². The van der Waals surface area contributed by atoms with Gasteiger partial charge in [0.2, 0.25) is 0 Å². The number of aryl methyl sites for hydroxylation is 1. The molecule has 5 heteroatoms. The van der Waals surface area contributed by atoms with Crippen LogP contribution < -0.4 is 9.47 Å². The Bertz CT molecular complexity index is 477. The van der Waals surface area contributed by atoms with E-state index in [9.17, 15) is 9.18 Å². The molecular formula is C13H13FO4. The van der Waals surface area contributed by atoms with E-state index in [2.05, 4.69) is 5.92 Å². The first-order valence-electron chi connectivity index (χ1n) is 5.23. The quantitative estimate of drug-likeness (QED) is 0.785. The normalized spacial score (nSPS) is 9.61. The van der Waals surface area contributed by atoms with Crippen LogP contribution in [0, 0.1) is 18.2 Å². The summed E-state index contributed by atoms with van der Waals surface area (Å²) in [5, 5.41) is 8.57. The molecule has 0 heterocycles. The van der Waals surface area contributed by atoms with Crippen LogP contribution in [0.2, 0.25) is 0 Å². The zero-order valence-electron chi connectivity index (χ0n) is 9.90. The molecule has 1 rings (SSSR count). The van der Waals surface area contributed by atoms with E-state index in [-0.39, 0.29) is 30.9 Å². The number of rotatable bonds is 6. The number of aliphatic carboxylic acids is 1. The van der Waals surface area contributed by atoms with Crippen molar-refractivity contribution in [2.75, 3.05) is 13.7 Å². The number of hydrogen-bond donors (Lipinski definition) is 1. The van der Waals surface area contributed by atoms with E-state index in [0.29, 0.717) is 5.56 Å². The molecule has 18 heavy (non-hydrogen) atoms. The van der Waals surface area contributed by atoms with Gasteiger partial charge in [0.1, 0.15) is 6.61 Å². The second-order valence-corrected chi connectivity index (χ2v) is 3.50. The lowest BCUT2D eigenvalue weighted by Crippen LogP contribution is -2.02. The molecule has 1 aromatic rings. The summed E-state index contributed by atoms with van der Waals surface area (Å²) < 4.78 is 23.8. The molecular weight excluding hydrogens is 239 g/mol. The lowest BCUT2D eigenvalue weighted by Gasteiger charge is -2.11. The largest absolute Gasteiger partial charge is 0.493 e. The summed E-state index contributed by atoms with van der Waals surface area (Å²) in [5.41, 5.74) is 0.528. The van der Waals surface area contributed by atoms with E-state index in [4.69, 9.17) is 21.0 Å². The van der Waals surface area contributed by atoms with E-state index in [0.717, 1.165) is 0 Å². The van der Waals surface area contributed by atoms with Crippen molar-refractivity contribution in [3.05, 3.63) is 23.5 Å². The molecule has 4 nitrogen and oxygen atoms in total. The van der Waals surface area contributed by atoms with Gasteiger partial charge in [-0.1, -0.05) is 5.92 Å². The van der Waals surface area contributed by atoms with Crippen molar-refractivity contribution < 1.29 is 23.8 Å². The predicted molar refractivity (Wildman–Crippen MR) is 63.2 cm³/mol. The Morgan fingerprint density at radius 1 is 1.56 bits per heavy atom. The minimum atomic E-state index is -0.943. The Labute approximate surface area is 104 Å². The van der Waals surface area contributed by atoms with Crippen LogP contribution in [0.5, 0.6) is 11.5 Å². The average molecular weight is 252 g/mol. The zero-order chi connectivity index (χ0) is 13.5. The average Bonchev–Trinajstić information content (AvgIpc) is 2.34. The number of carboxylic acid groups (broad SMARTS) is 1. The maximum absolute atomic E-state index is 13.7. The third-order valence-corrected chi connectivity index (χ3v) is 2.22. The molecule has 0 fully saturated rings. The number of benzene rings is 1. The standard InChI is InChI=1S/C13H13FO4/c1-3-6-18-13-10(14)7-9(4-5-12(15)16)8-11(13)17-2/h1,7-8H,4-6H2,2H3,(H,15,16). The summed E-state index contributed by atoms with van der Waals surface area (Å²) in [4.78, 5) is 10.4.